The Morgan fingerprint density at radius 3 is 2.44 bits per heavy atom. The van der Waals surface area contributed by atoms with Crippen LogP contribution >= 0.6 is 11.3 Å². The Morgan fingerprint density at radius 1 is 0.972 bits per heavy atom. The number of nitrogens with one attached hydrogen (secondary N) is 1. The Balaban J connectivity index is 1.09. The van der Waals surface area contributed by atoms with E-state index in [0.717, 1.165) is 49.5 Å². The molecular formula is C29H30N4O2S. The van der Waals surface area contributed by atoms with Crippen molar-refractivity contribution in [3.05, 3.63) is 87.9 Å². The van der Waals surface area contributed by atoms with Crippen molar-refractivity contribution < 1.29 is 9.59 Å². The van der Waals surface area contributed by atoms with Crippen molar-refractivity contribution in [3.8, 4) is 11.8 Å². The summed E-state index contributed by atoms with van der Waals surface area (Å²) in [7, 11) is 0. The van der Waals surface area contributed by atoms with Crippen LogP contribution in [0.2, 0.25) is 0 Å². The number of piperidine rings is 1. The van der Waals surface area contributed by atoms with E-state index in [0.29, 0.717) is 18.8 Å². The van der Waals surface area contributed by atoms with Crippen molar-refractivity contribution in [2.45, 2.75) is 37.8 Å². The average Bonchev–Trinajstić information content (AvgIpc) is 3.59. The van der Waals surface area contributed by atoms with Gasteiger partial charge in [-0.05, 0) is 37.0 Å². The Bertz CT molecular complexity index is 1240. The summed E-state index contributed by atoms with van der Waals surface area (Å²) in [4.78, 5) is 34.2. The third kappa shape index (κ3) is 6.20. The molecular weight excluding hydrogens is 468 g/mol. The van der Waals surface area contributed by atoms with Gasteiger partial charge in [0.25, 0.3) is 11.8 Å². The van der Waals surface area contributed by atoms with Crippen molar-refractivity contribution in [2.24, 2.45) is 0 Å². The summed E-state index contributed by atoms with van der Waals surface area (Å²) < 4.78 is 0. The van der Waals surface area contributed by atoms with Crippen LogP contribution in [0.4, 0.5) is 0 Å². The van der Waals surface area contributed by atoms with Crippen molar-refractivity contribution in [1.29, 1.82) is 0 Å². The van der Waals surface area contributed by atoms with Crippen LogP contribution in [-0.4, -0.2) is 58.8 Å². The normalized spacial score (nSPS) is 18.4. The molecule has 2 amide bonds. The van der Waals surface area contributed by atoms with Crippen molar-refractivity contribution >= 4 is 23.2 Å². The van der Waals surface area contributed by atoms with Gasteiger partial charge in [-0.1, -0.05) is 54.5 Å². The number of hydrogen-bond acceptors (Lipinski definition) is 5. The third-order valence-corrected chi connectivity index (χ3v) is 7.84. The highest BCUT2D eigenvalue weighted by Crippen LogP contribution is 2.30. The Morgan fingerprint density at radius 2 is 1.69 bits per heavy atom. The lowest BCUT2D eigenvalue weighted by Crippen LogP contribution is -2.37. The molecule has 3 aromatic rings. The second-order valence-corrected chi connectivity index (χ2v) is 10.3. The summed E-state index contributed by atoms with van der Waals surface area (Å²) in [5.74, 6) is 5.76. The van der Waals surface area contributed by atoms with Gasteiger partial charge in [0.15, 0.2) is 0 Å². The van der Waals surface area contributed by atoms with Gasteiger partial charge in [-0.25, -0.2) is 4.98 Å². The maximum absolute atomic E-state index is 12.8. The fraction of sp³-hybridized carbons (Fsp3) is 0.345. The van der Waals surface area contributed by atoms with E-state index in [1.54, 1.807) is 11.3 Å². The highest BCUT2D eigenvalue weighted by atomic mass is 32.1. The van der Waals surface area contributed by atoms with Gasteiger partial charge in [0.05, 0.1) is 5.01 Å². The molecule has 36 heavy (non-hydrogen) atoms. The van der Waals surface area contributed by atoms with Gasteiger partial charge in [-0.2, -0.15) is 0 Å². The van der Waals surface area contributed by atoms with E-state index < -0.39 is 0 Å². The molecule has 5 rings (SSSR count). The lowest BCUT2D eigenvalue weighted by molar-refractivity contribution is -0.126. The molecule has 1 atom stereocenters. The number of hydrogen-bond donors (Lipinski definition) is 1. The van der Waals surface area contributed by atoms with Crippen molar-refractivity contribution in [2.75, 3.05) is 26.2 Å². The summed E-state index contributed by atoms with van der Waals surface area (Å²) in [5.41, 5.74) is 2.64. The number of rotatable bonds is 5. The molecule has 0 aliphatic carbocycles. The first-order valence-corrected chi connectivity index (χ1v) is 13.4. The van der Waals surface area contributed by atoms with Gasteiger partial charge in [-0.3, -0.25) is 14.5 Å². The van der Waals surface area contributed by atoms with Gasteiger partial charge >= 0.3 is 0 Å². The van der Waals surface area contributed by atoms with E-state index in [4.69, 9.17) is 0 Å². The van der Waals surface area contributed by atoms with Crippen LogP contribution in [-0.2, 0) is 11.3 Å². The molecule has 0 spiro atoms. The van der Waals surface area contributed by atoms with Crippen LogP contribution in [0.1, 0.15) is 51.8 Å². The lowest BCUT2D eigenvalue weighted by atomic mass is 9.97. The largest absolute Gasteiger partial charge is 0.347 e. The molecule has 2 aliphatic heterocycles. The average molecular weight is 499 g/mol. The zero-order chi connectivity index (χ0) is 24.7. The minimum atomic E-state index is -0.130. The van der Waals surface area contributed by atoms with Crippen LogP contribution in [0, 0.1) is 11.8 Å². The molecule has 2 aromatic carbocycles. The zero-order valence-electron chi connectivity index (χ0n) is 20.2. The lowest BCUT2D eigenvalue weighted by Gasteiger charge is -2.29. The van der Waals surface area contributed by atoms with E-state index >= 15 is 0 Å². The minimum absolute atomic E-state index is 0.0899. The zero-order valence-corrected chi connectivity index (χ0v) is 21.0. The van der Waals surface area contributed by atoms with Gasteiger partial charge in [0.2, 0.25) is 0 Å². The molecule has 6 nitrogen and oxygen atoms in total. The number of carbonyl (C=O) groups excluding carboxylic acids is 2. The molecule has 3 heterocycles. The molecule has 1 unspecified atom stereocenters. The number of nitrogens with zero attached hydrogens (tertiary/aromatic N) is 3. The third-order valence-electron chi connectivity index (χ3n) is 6.83. The maximum Gasteiger partial charge on any atom is 0.298 e. The monoisotopic (exact) mass is 498 g/mol. The second-order valence-electron chi connectivity index (χ2n) is 9.43. The molecule has 7 heteroatoms. The van der Waals surface area contributed by atoms with Crippen LogP contribution in [0.3, 0.4) is 0 Å². The fourth-order valence-electron chi connectivity index (χ4n) is 4.83. The smallest absolute Gasteiger partial charge is 0.298 e. The standard InChI is InChI=1S/C29H30N4O2S/c34-27(12-11-22-7-3-1-4-8-22)33-17-13-24(14-18-33)29-31-26(21-36-29)28(35)30-25-15-16-32(20-25)19-23-9-5-2-6-10-23/h1-10,21,24-25H,13-20H2,(H,30,35). The van der Waals surface area contributed by atoms with Crippen LogP contribution in [0.15, 0.2) is 66.0 Å². The number of amides is 2. The number of carbonyl (C=O) groups is 2. The number of thiazole rings is 1. The van der Waals surface area contributed by atoms with Gasteiger partial charge in [-0.15, -0.1) is 11.3 Å². The van der Waals surface area contributed by atoms with E-state index in [-0.39, 0.29) is 23.8 Å². The number of aromatic nitrogens is 1. The molecule has 2 aliphatic rings. The quantitative estimate of drug-likeness (QED) is 0.542. The number of benzene rings is 2. The predicted octanol–water partition coefficient (Wildman–Crippen LogP) is 3.91. The summed E-state index contributed by atoms with van der Waals surface area (Å²) in [6, 6.07) is 20.1. The molecule has 2 fully saturated rings. The summed E-state index contributed by atoms with van der Waals surface area (Å²) in [5, 5.41) is 6.02. The van der Waals surface area contributed by atoms with Crippen molar-refractivity contribution in [3.63, 3.8) is 0 Å². The first-order valence-electron chi connectivity index (χ1n) is 12.5. The minimum Gasteiger partial charge on any atom is -0.347 e. The molecule has 0 bridgehead atoms. The highest BCUT2D eigenvalue weighted by Gasteiger charge is 2.28. The van der Waals surface area contributed by atoms with Gasteiger partial charge in [0, 0.05) is 61.5 Å². The van der Waals surface area contributed by atoms with Crippen LogP contribution < -0.4 is 5.32 Å². The van der Waals surface area contributed by atoms with E-state index in [1.807, 2.05) is 46.7 Å². The van der Waals surface area contributed by atoms with Crippen LogP contribution in [0.25, 0.3) is 0 Å². The van der Waals surface area contributed by atoms with Gasteiger partial charge < -0.3 is 10.2 Å². The topological polar surface area (TPSA) is 65.5 Å². The van der Waals surface area contributed by atoms with E-state index in [1.165, 1.54) is 5.56 Å². The van der Waals surface area contributed by atoms with E-state index in [2.05, 4.69) is 51.3 Å². The number of likely N-dealkylation sites (tertiary alicyclic amines) is 2. The summed E-state index contributed by atoms with van der Waals surface area (Å²) in [6.07, 6.45) is 2.63. The van der Waals surface area contributed by atoms with Crippen molar-refractivity contribution in [1.82, 2.24) is 20.1 Å². The molecule has 1 N–H and O–H groups in total. The SMILES string of the molecule is O=C(NC1CCN(Cc2ccccc2)C1)c1csc(C2CCN(C(=O)C#Cc3ccccc3)CC2)n1. The Hall–Kier alpha value is -3.47. The Kier molecular flexibility index (Phi) is 7.75. The molecule has 184 valence electrons. The first kappa shape index (κ1) is 24.2. The predicted molar refractivity (Wildman–Crippen MR) is 142 cm³/mol. The first-order chi connectivity index (χ1) is 17.6. The molecule has 0 radical (unpaired) electrons. The maximum atomic E-state index is 12.8. The summed E-state index contributed by atoms with van der Waals surface area (Å²) >= 11 is 1.55. The van der Waals surface area contributed by atoms with E-state index in [9.17, 15) is 9.59 Å². The van der Waals surface area contributed by atoms with Gasteiger partial charge in [0.1, 0.15) is 5.69 Å². The second kappa shape index (κ2) is 11.5. The highest BCUT2D eigenvalue weighted by molar-refractivity contribution is 7.09. The molecule has 2 saturated heterocycles. The fourth-order valence-corrected chi connectivity index (χ4v) is 5.80. The van der Waals surface area contributed by atoms with Crippen LogP contribution in [0.5, 0.6) is 0 Å². The summed E-state index contributed by atoms with van der Waals surface area (Å²) in [6.45, 7) is 4.07. The molecule has 1 aromatic heterocycles. The Labute approximate surface area is 216 Å². The molecule has 0 saturated carbocycles.